The standard InChI is InChI=1S/C21H20Cl3N5O2/c1-12(20(30)26-18-11-15(23)14(22)10-16(18)24)29-8-5-13(6-9-29)21-27-19(28-31-21)17-4-2-3-7-25-17/h2-4,7,10-13H,5-6,8-9H2,1H3,(H,26,30). The van der Waals surface area contributed by atoms with Crippen LogP contribution in [0, 0.1) is 0 Å². The summed E-state index contributed by atoms with van der Waals surface area (Å²) in [5.41, 5.74) is 1.12. The highest BCUT2D eigenvalue weighted by molar-refractivity contribution is 6.44. The fourth-order valence-corrected chi connectivity index (χ4v) is 4.15. The summed E-state index contributed by atoms with van der Waals surface area (Å²) in [4.78, 5) is 23.6. The molecular formula is C21H20Cl3N5O2. The second-order valence-electron chi connectivity index (χ2n) is 7.39. The maximum absolute atomic E-state index is 12.7. The molecule has 0 spiro atoms. The van der Waals surface area contributed by atoms with Crippen LogP contribution in [0.5, 0.6) is 0 Å². The predicted octanol–water partition coefficient (Wildman–Crippen LogP) is 5.30. The van der Waals surface area contributed by atoms with E-state index >= 15 is 0 Å². The minimum absolute atomic E-state index is 0.154. The number of carbonyl (C=O) groups excluding carboxylic acids is 1. The first-order valence-corrected chi connectivity index (χ1v) is 11.0. The molecule has 0 saturated carbocycles. The molecule has 4 rings (SSSR count). The Morgan fingerprint density at radius 3 is 2.61 bits per heavy atom. The van der Waals surface area contributed by atoms with Crippen LogP contribution in [0.15, 0.2) is 41.1 Å². The molecular weight excluding hydrogens is 461 g/mol. The van der Waals surface area contributed by atoms with Crippen molar-refractivity contribution in [2.45, 2.75) is 31.7 Å². The van der Waals surface area contributed by atoms with Crippen LogP contribution in [0.25, 0.3) is 11.5 Å². The number of carbonyl (C=O) groups is 1. The van der Waals surface area contributed by atoms with Gasteiger partial charge in [0.2, 0.25) is 17.6 Å². The van der Waals surface area contributed by atoms with Gasteiger partial charge in [-0.15, -0.1) is 0 Å². The van der Waals surface area contributed by atoms with Crippen molar-refractivity contribution >= 4 is 46.4 Å². The topological polar surface area (TPSA) is 84.2 Å². The third-order valence-electron chi connectivity index (χ3n) is 5.41. The lowest BCUT2D eigenvalue weighted by molar-refractivity contribution is -0.121. The van der Waals surface area contributed by atoms with Gasteiger partial charge < -0.3 is 9.84 Å². The molecule has 2 aromatic heterocycles. The molecule has 1 unspecified atom stereocenters. The number of nitrogens with one attached hydrogen (secondary N) is 1. The zero-order chi connectivity index (χ0) is 22.0. The lowest BCUT2D eigenvalue weighted by Gasteiger charge is -2.34. The number of halogens is 3. The Bertz CT molecular complexity index is 1070. The predicted molar refractivity (Wildman–Crippen MR) is 121 cm³/mol. The van der Waals surface area contributed by atoms with Crippen LogP contribution in [0.2, 0.25) is 15.1 Å². The van der Waals surface area contributed by atoms with Gasteiger partial charge in [-0.2, -0.15) is 4.98 Å². The van der Waals surface area contributed by atoms with Gasteiger partial charge in [-0.05, 0) is 57.1 Å². The number of likely N-dealkylation sites (tertiary alicyclic amines) is 1. The summed E-state index contributed by atoms with van der Waals surface area (Å²) in [6.45, 7) is 3.33. The second kappa shape index (κ2) is 9.53. The van der Waals surface area contributed by atoms with Crippen LogP contribution in [0.3, 0.4) is 0 Å². The molecule has 7 nitrogen and oxygen atoms in total. The summed E-state index contributed by atoms with van der Waals surface area (Å²) >= 11 is 18.2. The van der Waals surface area contributed by atoms with E-state index in [1.54, 1.807) is 12.3 Å². The molecule has 0 bridgehead atoms. The van der Waals surface area contributed by atoms with E-state index < -0.39 is 0 Å². The summed E-state index contributed by atoms with van der Waals surface area (Å²) in [5.74, 6) is 1.10. The highest BCUT2D eigenvalue weighted by Gasteiger charge is 2.30. The minimum atomic E-state index is -0.335. The number of pyridine rings is 1. The van der Waals surface area contributed by atoms with Crippen molar-refractivity contribution in [3.05, 3.63) is 57.5 Å². The van der Waals surface area contributed by atoms with Gasteiger partial charge in [0.25, 0.3) is 0 Å². The Balaban J connectivity index is 1.35. The molecule has 0 radical (unpaired) electrons. The van der Waals surface area contributed by atoms with E-state index in [0.717, 1.165) is 25.9 Å². The fraction of sp³-hybridized carbons (Fsp3) is 0.333. The lowest BCUT2D eigenvalue weighted by atomic mass is 9.95. The Kier molecular flexibility index (Phi) is 6.77. The average Bonchev–Trinajstić information content (AvgIpc) is 3.28. The Morgan fingerprint density at radius 2 is 1.90 bits per heavy atom. The molecule has 1 aliphatic heterocycles. The van der Waals surface area contributed by atoms with Gasteiger partial charge in [-0.25, -0.2) is 0 Å². The van der Waals surface area contributed by atoms with Gasteiger partial charge in [-0.1, -0.05) is 46.0 Å². The van der Waals surface area contributed by atoms with Crippen molar-refractivity contribution in [2.24, 2.45) is 0 Å². The van der Waals surface area contributed by atoms with Crippen molar-refractivity contribution in [3.8, 4) is 11.5 Å². The molecule has 31 heavy (non-hydrogen) atoms. The van der Waals surface area contributed by atoms with E-state index in [4.69, 9.17) is 39.3 Å². The number of aromatic nitrogens is 3. The van der Waals surface area contributed by atoms with Crippen LogP contribution in [-0.4, -0.2) is 45.1 Å². The monoisotopic (exact) mass is 479 g/mol. The van der Waals surface area contributed by atoms with Crippen molar-refractivity contribution in [3.63, 3.8) is 0 Å². The summed E-state index contributed by atoms with van der Waals surface area (Å²) < 4.78 is 5.48. The van der Waals surface area contributed by atoms with Crippen LogP contribution >= 0.6 is 34.8 Å². The van der Waals surface area contributed by atoms with Crippen molar-refractivity contribution < 1.29 is 9.32 Å². The largest absolute Gasteiger partial charge is 0.339 e. The highest BCUT2D eigenvalue weighted by Crippen LogP contribution is 2.33. The average molecular weight is 481 g/mol. The quantitative estimate of drug-likeness (QED) is 0.499. The molecule has 0 aliphatic carbocycles. The van der Waals surface area contributed by atoms with Crippen LogP contribution in [-0.2, 0) is 4.79 Å². The molecule has 10 heteroatoms. The van der Waals surface area contributed by atoms with Gasteiger partial charge in [0.05, 0.1) is 26.8 Å². The van der Waals surface area contributed by atoms with E-state index in [9.17, 15) is 4.79 Å². The molecule has 162 valence electrons. The van der Waals surface area contributed by atoms with E-state index in [-0.39, 0.29) is 17.9 Å². The molecule has 1 amide bonds. The fourth-order valence-electron chi connectivity index (χ4n) is 3.56. The van der Waals surface area contributed by atoms with E-state index in [1.807, 2.05) is 25.1 Å². The first-order valence-electron chi connectivity index (χ1n) is 9.87. The summed E-state index contributed by atoms with van der Waals surface area (Å²) in [5, 5.41) is 7.90. The number of hydrogen-bond donors (Lipinski definition) is 1. The number of amides is 1. The SMILES string of the molecule is CC(C(=O)Nc1cc(Cl)c(Cl)cc1Cl)N1CCC(c2nc(-c3ccccn3)no2)CC1. The first-order chi connectivity index (χ1) is 14.9. The van der Waals surface area contributed by atoms with Crippen molar-refractivity contribution in [1.29, 1.82) is 0 Å². The van der Waals surface area contributed by atoms with Gasteiger partial charge in [-0.3, -0.25) is 14.7 Å². The second-order valence-corrected chi connectivity index (χ2v) is 8.61. The van der Waals surface area contributed by atoms with Gasteiger partial charge in [0.1, 0.15) is 5.69 Å². The highest BCUT2D eigenvalue weighted by atomic mass is 35.5. The molecule has 1 atom stereocenters. The molecule has 3 heterocycles. The number of piperidine rings is 1. The van der Waals surface area contributed by atoms with E-state index in [1.165, 1.54) is 6.07 Å². The van der Waals surface area contributed by atoms with Crippen molar-refractivity contribution in [1.82, 2.24) is 20.0 Å². The number of hydrogen-bond acceptors (Lipinski definition) is 6. The Labute approximate surface area is 194 Å². The maximum atomic E-state index is 12.7. The van der Waals surface area contributed by atoms with E-state index in [2.05, 4.69) is 25.3 Å². The number of rotatable bonds is 5. The smallest absolute Gasteiger partial charge is 0.241 e. The number of benzene rings is 1. The molecule has 3 aromatic rings. The molecule has 1 aliphatic rings. The van der Waals surface area contributed by atoms with Crippen LogP contribution < -0.4 is 5.32 Å². The summed E-state index contributed by atoms with van der Waals surface area (Å²) in [7, 11) is 0. The third kappa shape index (κ3) is 5.01. The lowest BCUT2D eigenvalue weighted by Crippen LogP contribution is -2.45. The zero-order valence-corrected chi connectivity index (χ0v) is 19.0. The summed E-state index contributed by atoms with van der Waals surface area (Å²) in [6, 6.07) is 8.30. The van der Waals surface area contributed by atoms with Crippen LogP contribution in [0.1, 0.15) is 31.6 Å². The molecule has 1 aromatic carbocycles. The Morgan fingerprint density at radius 1 is 1.16 bits per heavy atom. The van der Waals surface area contributed by atoms with Crippen LogP contribution in [0.4, 0.5) is 5.69 Å². The van der Waals surface area contributed by atoms with Gasteiger partial charge >= 0.3 is 0 Å². The summed E-state index contributed by atoms with van der Waals surface area (Å²) in [6.07, 6.45) is 3.32. The molecule has 1 saturated heterocycles. The molecule has 1 fully saturated rings. The van der Waals surface area contributed by atoms with Crippen molar-refractivity contribution in [2.75, 3.05) is 18.4 Å². The number of anilines is 1. The zero-order valence-electron chi connectivity index (χ0n) is 16.7. The van der Waals surface area contributed by atoms with Gasteiger partial charge in [0.15, 0.2) is 0 Å². The Hall–Kier alpha value is -2.19. The van der Waals surface area contributed by atoms with E-state index in [0.29, 0.717) is 38.2 Å². The minimum Gasteiger partial charge on any atom is -0.339 e. The maximum Gasteiger partial charge on any atom is 0.241 e. The number of nitrogens with zero attached hydrogens (tertiary/aromatic N) is 4. The normalized spacial score (nSPS) is 16.3. The molecule has 1 N–H and O–H groups in total. The van der Waals surface area contributed by atoms with Gasteiger partial charge in [0, 0.05) is 12.1 Å². The first kappa shape index (κ1) is 22.0. The third-order valence-corrected chi connectivity index (χ3v) is 6.44.